The molecule has 7 heteroatoms. The Morgan fingerprint density at radius 2 is 1.80 bits per heavy atom. The molecule has 0 heterocycles. The number of primary amides is 1. The molecular formula is C13H16N2O5. The monoisotopic (exact) mass is 280 g/mol. The summed E-state index contributed by atoms with van der Waals surface area (Å²) in [6.45, 7) is 0. The van der Waals surface area contributed by atoms with Crippen LogP contribution in [0.5, 0.6) is 5.75 Å². The fourth-order valence-corrected chi connectivity index (χ4v) is 1.59. The maximum atomic E-state index is 11.7. The molecule has 0 spiro atoms. The number of aliphatic carboxylic acids is 1. The van der Waals surface area contributed by atoms with E-state index in [1.807, 2.05) is 0 Å². The summed E-state index contributed by atoms with van der Waals surface area (Å²) < 4.78 is 0. The van der Waals surface area contributed by atoms with Crippen molar-refractivity contribution in [3.63, 3.8) is 0 Å². The minimum atomic E-state index is -1.22. The molecule has 0 unspecified atom stereocenters. The van der Waals surface area contributed by atoms with E-state index in [-0.39, 0.29) is 25.0 Å². The summed E-state index contributed by atoms with van der Waals surface area (Å²) in [6, 6.07) is 4.85. The smallest absolute Gasteiger partial charge is 0.326 e. The van der Waals surface area contributed by atoms with E-state index in [4.69, 9.17) is 15.9 Å². The molecule has 5 N–H and O–H groups in total. The van der Waals surface area contributed by atoms with Crippen LogP contribution < -0.4 is 11.1 Å². The zero-order valence-corrected chi connectivity index (χ0v) is 10.7. The fourth-order valence-electron chi connectivity index (χ4n) is 1.59. The number of amides is 2. The van der Waals surface area contributed by atoms with Crippen LogP contribution >= 0.6 is 0 Å². The molecule has 20 heavy (non-hydrogen) atoms. The van der Waals surface area contributed by atoms with E-state index in [1.54, 1.807) is 12.1 Å². The number of carboxylic acids is 1. The molecule has 1 aromatic rings. The normalized spacial score (nSPS) is 11.6. The molecule has 7 nitrogen and oxygen atoms in total. The summed E-state index contributed by atoms with van der Waals surface area (Å²) in [5, 5.41) is 20.4. The predicted octanol–water partition coefficient (Wildman–Crippen LogP) is -0.230. The van der Waals surface area contributed by atoms with Gasteiger partial charge in [0, 0.05) is 6.42 Å². The van der Waals surface area contributed by atoms with E-state index >= 15 is 0 Å². The zero-order chi connectivity index (χ0) is 15.1. The Labute approximate surface area is 115 Å². The Morgan fingerprint density at radius 3 is 2.30 bits per heavy atom. The Morgan fingerprint density at radius 1 is 1.20 bits per heavy atom. The number of phenols is 1. The molecule has 2 amide bonds. The van der Waals surface area contributed by atoms with Gasteiger partial charge in [-0.15, -0.1) is 0 Å². The summed E-state index contributed by atoms with van der Waals surface area (Å²) in [6.07, 6.45) is -0.178. The van der Waals surface area contributed by atoms with Gasteiger partial charge in [0.1, 0.15) is 11.8 Å². The van der Waals surface area contributed by atoms with Crippen LogP contribution in [0.4, 0.5) is 0 Å². The highest BCUT2D eigenvalue weighted by Crippen LogP contribution is 2.10. The first-order valence-corrected chi connectivity index (χ1v) is 5.97. The topological polar surface area (TPSA) is 130 Å². The molecule has 0 saturated carbocycles. The standard InChI is InChI=1S/C13H16N2O5/c14-11(17)6-5-10(13(19)20)15-12(18)7-8-1-3-9(16)4-2-8/h1-4,10,16H,5-7H2,(H2,14,17)(H,15,18)(H,19,20)/t10-/m1/s1. The third-order valence-corrected chi connectivity index (χ3v) is 2.61. The second-order valence-electron chi connectivity index (χ2n) is 4.31. The van der Waals surface area contributed by atoms with Crippen molar-refractivity contribution in [1.29, 1.82) is 0 Å². The van der Waals surface area contributed by atoms with E-state index in [1.165, 1.54) is 12.1 Å². The van der Waals surface area contributed by atoms with E-state index in [0.29, 0.717) is 5.56 Å². The largest absolute Gasteiger partial charge is 0.508 e. The van der Waals surface area contributed by atoms with Crippen molar-refractivity contribution in [3.05, 3.63) is 29.8 Å². The first-order chi connectivity index (χ1) is 9.38. The number of carbonyl (C=O) groups excluding carboxylic acids is 2. The van der Waals surface area contributed by atoms with Crippen molar-refractivity contribution in [2.45, 2.75) is 25.3 Å². The van der Waals surface area contributed by atoms with Gasteiger partial charge in [0.2, 0.25) is 11.8 Å². The Kier molecular flexibility index (Phi) is 5.52. The van der Waals surface area contributed by atoms with Gasteiger partial charge in [-0.1, -0.05) is 12.1 Å². The molecule has 0 aliphatic heterocycles. The van der Waals surface area contributed by atoms with Crippen LogP contribution in [0.1, 0.15) is 18.4 Å². The number of hydrogen-bond acceptors (Lipinski definition) is 4. The maximum absolute atomic E-state index is 11.7. The van der Waals surface area contributed by atoms with E-state index in [0.717, 1.165) is 0 Å². The highest BCUT2D eigenvalue weighted by atomic mass is 16.4. The van der Waals surface area contributed by atoms with Crippen LogP contribution in [0.15, 0.2) is 24.3 Å². The number of aromatic hydroxyl groups is 1. The minimum absolute atomic E-state index is 0.0133. The number of nitrogens with two attached hydrogens (primary N) is 1. The van der Waals surface area contributed by atoms with Crippen molar-refractivity contribution in [3.8, 4) is 5.75 Å². The predicted molar refractivity (Wildman–Crippen MR) is 69.8 cm³/mol. The number of hydrogen-bond donors (Lipinski definition) is 4. The Bertz CT molecular complexity index is 498. The average molecular weight is 280 g/mol. The van der Waals surface area contributed by atoms with E-state index in [2.05, 4.69) is 5.32 Å². The quantitative estimate of drug-likeness (QED) is 0.548. The first kappa shape index (κ1) is 15.5. The number of phenolic OH excluding ortho intramolecular Hbond substituents is 1. The molecular weight excluding hydrogens is 264 g/mol. The number of rotatable bonds is 7. The summed E-state index contributed by atoms with van der Waals surface area (Å²) in [7, 11) is 0. The summed E-state index contributed by atoms with van der Waals surface area (Å²) in [5.74, 6) is -2.24. The van der Waals surface area contributed by atoms with Crippen LogP contribution in [0.3, 0.4) is 0 Å². The van der Waals surface area contributed by atoms with Crippen LogP contribution in [0.2, 0.25) is 0 Å². The molecule has 0 bridgehead atoms. The van der Waals surface area contributed by atoms with Gasteiger partial charge in [0.05, 0.1) is 6.42 Å². The molecule has 1 aromatic carbocycles. The molecule has 0 aliphatic rings. The lowest BCUT2D eigenvalue weighted by molar-refractivity contribution is -0.142. The number of benzene rings is 1. The van der Waals surface area contributed by atoms with Gasteiger partial charge < -0.3 is 21.3 Å². The molecule has 0 fully saturated rings. The summed E-state index contributed by atoms with van der Waals surface area (Å²) in [5.41, 5.74) is 5.58. The lowest BCUT2D eigenvalue weighted by Crippen LogP contribution is -2.42. The lowest BCUT2D eigenvalue weighted by Gasteiger charge is -2.13. The highest BCUT2D eigenvalue weighted by molar-refractivity contribution is 5.85. The van der Waals surface area contributed by atoms with Gasteiger partial charge in [0.15, 0.2) is 0 Å². The molecule has 108 valence electrons. The number of carboxylic acid groups (broad SMARTS) is 1. The number of carbonyl (C=O) groups is 3. The van der Waals surface area contributed by atoms with E-state index in [9.17, 15) is 14.4 Å². The second kappa shape index (κ2) is 7.13. The second-order valence-corrected chi connectivity index (χ2v) is 4.31. The molecule has 0 aliphatic carbocycles. The third kappa shape index (κ3) is 5.38. The van der Waals surface area contributed by atoms with Crippen molar-refractivity contribution in [2.75, 3.05) is 0 Å². The Balaban J connectivity index is 2.55. The molecule has 0 aromatic heterocycles. The van der Waals surface area contributed by atoms with Gasteiger partial charge in [-0.3, -0.25) is 9.59 Å². The van der Waals surface area contributed by atoms with Crippen LogP contribution in [0, 0.1) is 0 Å². The minimum Gasteiger partial charge on any atom is -0.508 e. The zero-order valence-electron chi connectivity index (χ0n) is 10.7. The lowest BCUT2D eigenvalue weighted by atomic mass is 10.1. The number of nitrogens with one attached hydrogen (secondary N) is 1. The van der Waals surface area contributed by atoms with Gasteiger partial charge in [-0.2, -0.15) is 0 Å². The fraction of sp³-hybridized carbons (Fsp3) is 0.308. The molecule has 0 saturated heterocycles. The van der Waals surface area contributed by atoms with Gasteiger partial charge >= 0.3 is 5.97 Å². The summed E-state index contributed by atoms with van der Waals surface area (Å²) >= 11 is 0. The highest BCUT2D eigenvalue weighted by Gasteiger charge is 2.20. The molecule has 1 rings (SSSR count). The van der Waals surface area contributed by atoms with Gasteiger partial charge in [0.25, 0.3) is 0 Å². The SMILES string of the molecule is NC(=O)CC[C@@H](NC(=O)Cc1ccc(O)cc1)C(=O)O. The van der Waals surface area contributed by atoms with Crippen LogP contribution in [-0.4, -0.2) is 34.0 Å². The molecule has 0 radical (unpaired) electrons. The average Bonchev–Trinajstić information content (AvgIpc) is 2.36. The van der Waals surface area contributed by atoms with Gasteiger partial charge in [-0.05, 0) is 24.1 Å². The summed E-state index contributed by atoms with van der Waals surface area (Å²) in [4.78, 5) is 33.3. The van der Waals surface area contributed by atoms with E-state index < -0.39 is 23.8 Å². The first-order valence-electron chi connectivity index (χ1n) is 5.97. The maximum Gasteiger partial charge on any atom is 0.326 e. The Hall–Kier alpha value is -2.57. The third-order valence-electron chi connectivity index (χ3n) is 2.61. The van der Waals surface area contributed by atoms with Crippen LogP contribution in [0.25, 0.3) is 0 Å². The van der Waals surface area contributed by atoms with Crippen molar-refractivity contribution < 1.29 is 24.6 Å². The van der Waals surface area contributed by atoms with Crippen molar-refractivity contribution >= 4 is 17.8 Å². The van der Waals surface area contributed by atoms with Crippen molar-refractivity contribution in [1.82, 2.24) is 5.32 Å². The van der Waals surface area contributed by atoms with Gasteiger partial charge in [-0.25, -0.2) is 4.79 Å². The van der Waals surface area contributed by atoms with Crippen molar-refractivity contribution in [2.24, 2.45) is 5.73 Å². The molecule has 1 atom stereocenters. The van der Waals surface area contributed by atoms with Crippen LogP contribution in [-0.2, 0) is 20.8 Å².